The number of urea groups is 1. The van der Waals surface area contributed by atoms with E-state index < -0.39 is 18.3 Å². The number of imide groups is 1. The SMILES string of the molecule is CC[C@H](C)C(=O)O[C@H]1C[C@@H](C)C=C2C=C[C@H](C)[C@H](CC[C@@H]3C[C@@H](O)CC(=O)O3)[C@H]21.CN1C(=O)C2C(N=CN2CCN2CCN(c3ccccc3Cl)CC2)N(C)C1=O. The Hall–Kier alpha value is -3.94. The number of piperazine rings is 1. The maximum absolute atomic E-state index is 12.6. The Morgan fingerprint density at radius 2 is 1.79 bits per heavy atom. The predicted molar refractivity (Wildman–Crippen MR) is 220 cm³/mol. The maximum atomic E-state index is 12.6. The molecule has 57 heavy (non-hydrogen) atoms. The van der Waals surface area contributed by atoms with Crippen LogP contribution in [0.15, 0.2) is 53.1 Å². The molecule has 7 rings (SSSR count). The van der Waals surface area contributed by atoms with Crippen molar-refractivity contribution < 1.29 is 33.8 Å². The number of aliphatic imine (C=N–C) groups is 1. The monoisotopic (exact) mass is 808 g/mol. The number of rotatable bonds is 10. The summed E-state index contributed by atoms with van der Waals surface area (Å²) in [5.74, 6) is 0.569. The van der Waals surface area contributed by atoms with Crippen LogP contribution in [0.25, 0.3) is 0 Å². The summed E-state index contributed by atoms with van der Waals surface area (Å²) in [6, 6.07) is 7.21. The number of anilines is 1. The number of hydrogen-bond acceptors (Lipinski definition) is 11. The third-order valence-corrected chi connectivity index (χ3v) is 13.1. The van der Waals surface area contributed by atoms with Gasteiger partial charge in [0.1, 0.15) is 12.2 Å². The van der Waals surface area contributed by atoms with Crippen LogP contribution in [0.5, 0.6) is 0 Å². The van der Waals surface area contributed by atoms with Crippen molar-refractivity contribution in [3.63, 3.8) is 0 Å². The highest BCUT2D eigenvalue weighted by atomic mass is 35.5. The lowest BCUT2D eigenvalue weighted by molar-refractivity contribution is -0.162. The molecule has 3 saturated heterocycles. The molecule has 10 atom stereocenters. The second kappa shape index (κ2) is 18.8. The number of ether oxygens (including phenoxy) is 2. The van der Waals surface area contributed by atoms with Crippen LogP contribution in [0.1, 0.15) is 66.2 Å². The van der Waals surface area contributed by atoms with Crippen LogP contribution < -0.4 is 4.90 Å². The first kappa shape index (κ1) is 42.7. The van der Waals surface area contributed by atoms with Crippen LogP contribution in [0.4, 0.5) is 10.5 Å². The summed E-state index contributed by atoms with van der Waals surface area (Å²) >= 11 is 6.31. The Morgan fingerprint density at radius 1 is 1.05 bits per heavy atom. The molecule has 14 heteroatoms. The van der Waals surface area contributed by atoms with E-state index in [9.17, 15) is 24.3 Å². The fourth-order valence-electron chi connectivity index (χ4n) is 9.15. The summed E-state index contributed by atoms with van der Waals surface area (Å²) in [7, 11) is 3.22. The van der Waals surface area contributed by atoms with Gasteiger partial charge in [-0.25, -0.2) is 9.79 Å². The molecule has 2 unspecified atom stereocenters. The van der Waals surface area contributed by atoms with Crippen molar-refractivity contribution in [3.8, 4) is 0 Å². The zero-order chi connectivity index (χ0) is 41.0. The van der Waals surface area contributed by atoms with Gasteiger partial charge in [-0.05, 0) is 61.1 Å². The number of amides is 3. The van der Waals surface area contributed by atoms with Gasteiger partial charge in [0.05, 0.1) is 35.5 Å². The second-order valence-electron chi connectivity index (χ2n) is 16.8. The van der Waals surface area contributed by atoms with E-state index in [0.29, 0.717) is 30.7 Å². The summed E-state index contributed by atoms with van der Waals surface area (Å²) < 4.78 is 11.5. The zero-order valence-corrected chi connectivity index (χ0v) is 35.1. The third-order valence-electron chi connectivity index (χ3n) is 12.8. The van der Waals surface area contributed by atoms with E-state index in [1.54, 1.807) is 13.4 Å². The molecular formula is C43H61ClN6O7. The molecule has 0 bridgehead atoms. The molecule has 0 spiro atoms. The minimum atomic E-state index is -0.597. The largest absolute Gasteiger partial charge is 0.462 e. The van der Waals surface area contributed by atoms with E-state index in [1.807, 2.05) is 36.9 Å². The Balaban J connectivity index is 0.000000193. The van der Waals surface area contributed by atoms with Crippen molar-refractivity contribution in [2.45, 2.75) is 96.7 Å². The number of para-hydroxylation sites is 1. The second-order valence-corrected chi connectivity index (χ2v) is 17.2. The van der Waals surface area contributed by atoms with E-state index in [2.05, 4.69) is 52.9 Å². The van der Waals surface area contributed by atoms with Gasteiger partial charge in [0.2, 0.25) is 0 Å². The highest BCUT2D eigenvalue weighted by Gasteiger charge is 2.48. The fraction of sp³-hybridized carbons (Fsp3) is 0.651. The number of nitrogens with zero attached hydrogens (tertiary/aromatic N) is 6. The minimum absolute atomic E-state index is 0.0854. The van der Waals surface area contributed by atoms with E-state index in [-0.39, 0.29) is 54.3 Å². The highest BCUT2D eigenvalue weighted by Crippen LogP contribution is 2.45. The topological polar surface area (TPSA) is 136 Å². The molecule has 6 aliphatic rings. The number of allylic oxidation sites excluding steroid dienone is 3. The molecule has 1 aromatic rings. The average molecular weight is 809 g/mol. The van der Waals surface area contributed by atoms with Gasteiger partial charge in [0, 0.05) is 65.7 Å². The number of carbonyl (C=O) groups is 4. The van der Waals surface area contributed by atoms with Crippen LogP contribution >= 0.6 is 11.6 Å². The molecular weight excluding hydrogens is 748 g/mol. The summed E-state index contributed by atoms with van der Waals surface area (Å²) in [6.45, 7) is 13.6. The first-order valence-electron chi connectivity index (χ1n) is 20.8. The van der Waals surface area contributed by atoms with Gasteiger partial charge >= 0.3 is 18.0 Å². The van der Waals surface area contributed by atoms with Crippen molar-refractivity contribution >= 4 is 47.5 Å². The van der Waals surface area contributed by atoms with Gasteiger partial charge in [0.25, 0.3) is 5.91 Å². The van der Waals surface area contributed by atoms with Crippen LogP contribution in [0, 0.1) is 29.6 Å². The summed E-state index contributed by atoms with van der Waals surface area (Å²) in [5, 5.41) is 10.7. The van der Waals surface area contributed by atoms with Gasteiger partial charge in [-0.2, -0.15) is 0 Å². The van der Waals surface area contributed by atoms with E-state index in [1.165, 1.54) is 22.4 Å². The van der Waals surface area contributed by atoms with Crippen molar-refractivity contribution in [1.29, 1.82) is 0 Å². The molecule has 2 aliphatic carbocycles. The lowest BCUT2D eigenvalue weighted by Gasteiger charge is -2.43. The van der Waals surface area contributed by atoms with Crippen molar-refractivity contribution in [2.24, 2.45) is 34.6 Å². The van der Waals surface area contributed by atoms with E-state index in [4.69, 9.17) is 21.1 Å². The Labute approximate surface area is 342 Å². The molecule has 4 heterocycles. The molecule has 4 aliphatic heterocycles. The number of benzene rings is 1. The molecule has 0 radical (unpaired) electrons. The lowest BCUT2D eigenvalue weighted by atomic mass is 9.65. The molecule has 3 amide bonds. The van der Waals surface area contributed by atoms with Crippen molar-refractivity contribution in [2.75, 3.05) is 58.3 Å². The van der Waals surface area contributed by atoms with Gasteiger partial charge in [0.15, 0.2) is 12.2 Å². The molecule has 1 N–H and O–H groups in total. The fourth-order valence-corrected chi connectivity index (χ4v) is 9.40. The third kappa shape index (κ3) is 9.85. The zero-order valence-electron chi connectivity index (χ0n) is 34.3. The number of halogens is 1. The lowest BCUT2D eigenvalue weighted by Crippen LogP contribution is -2.64. The predicted octanol–water partition coefficient (Wildman–Crippen LogP) is 5.22. The standard InChI is InChI=1S/C24H36O5.C19H25ClN6O2/c1-5-15(3)24(27)29-21-11-14(2)10-17-7-6-16(4)20(23(17)21)9-8-19-12-18(25)13-22(26)28-19;1-22-17-16(18(27)23(2)19(22)28)26(13-21-17)12-9-24-7-10-25(11-8-24)15-6-4-3-5-14(15)20/h6-7,10,14-16,18-21,23,25H,5,8-9,11-13H2,1-4H3;3-6,13,16-17H,7-12H2,1-2H3/t14-,15-,16-,18+,19+,20-,21-,23-;/m0./s1. The van der Waals surface area contributed by atoms with Crippen LogP contribution in [-0.2, 0) is 23.9 Å². The minimum Gasteiger partial charge on any atom is -0.462 e. The Kier molecular flexibility index (Phi) is 14.0. The smallest absolute Gasteiger partial charge is 0.328 e. The van der Waals surface area contributed by atoms with E-state index >= 15 is 0 Å². The summed E-state index contributed by atoms with van der Waals surface area (Å²) in [4.78, 5) is 62.7. The number of cyclic esters (lactones) is 1. The van der Waals surface area contributed by atoms with Gasteiger partial charge in [-0.3, -0.25) is 24.2 Å². The number of fused-ring (bicyclic) bond motifs is 2. The Morgan fingerprint density at radius 3 is 2.49 bits per heavy atom. The highest BCUT2D eigenvalue weighted by molar-refractivity contribution is 6.33. The number of hydrogen-bond donors (Lipinski definition) is 1. The van der Waals surface area contributed by atoms with Crippen molar-refractivity contribution in [3.05, 3.63) is 53.1 Å². The molecule has 13 nitrogen and oxygen atoms in total. The van der Waals surface area contributed by atoms with Gasteiger partial charge < -0.3 is 29.3 Å². The number of aliphatic hydroxyl groups is 1. The number of aliphatic hydroxyl groups excluding tert-OH is 1. The summed E-state index contributed by atoms with van der Waals surface area (Å²) in [6.07, 6.45) is 11.0. The first-order valence-corrected chi connectivity index (χ1v) is 21.2. The Bertz CT molecular complexity index is 1710. The molecule has 0 aromatic heterocycles. The van der Waals surface area contributed by atoms with Crippen LogP contribution in [0.3, 0.4) is 0 Å². The number of likely N-dealkylation sites (N-methyl/N-ethyl adjacent to an activating group) is 2. The number of esters is 2. The van der Waals surface area contributed by atoms with Crippen LogP contribution in [0.2, 0.25) is 5.02 Å². The summed E-state index contributed by atoms with van der Waals surface area (Å²) in [5.41, 5.74) is 2.36. The first-order chi connectivity index (χ1) is 27.2. The van der Waals surface area contributed by atoms with Gasteiger partial charge in [-0.15, -0.1) is 0 Å². The van der Waals surface area contributed by atoms with Gasteiger partial charge in [-0.1, -0.05) is 69.7 Å². The number of carbonyl (C=O) groups excluding carboxylic acids is 4. The molecule has 3 fully saturated rings. The molecule has 1 aromatic carbocycles. The van der Waals surface area contributed by atoms with Crippen molar-refractivity contribution in [1.82, 2.24) is 19.6 Å². The van der Waals surface area contributed by atoms with E-state index in [0.717, 1.165) is 69.1 Å². The average Bonchev–Trinajstić information content (AvgIpc) is 3.62. The normalized spacial score (nSPS) is 31.9. The maximum Gasteiger partial charge on any atom is 0.328 e. The molecule has 0 saturated carbocycles. The van der Waals surface area contributed by atoms with Crippen LogP contribution in [-0.4, -0.2) is 139 Å². The quantitative estimate of drug-likeness (QED) is 0.314. The molecule has 312 valence electrons.